The van der Waals surface area contributed by atoms with Crippen LogP contribution in [0.5, 0.6) is 0 Å². The minimum Gasteiger partial charge on any atom is -0.391 e. The summed E-state index contributed by atoms with van der Waals surface area (Å²) < 4.78 is 26.6. The number of thiophene rings is 1. The smallest absolute Gasteiger partial charge is 0.241 e. The summed E-state index contributed by atoms with van der Waals surface area (Å²) in [6, 6.07) is 1.52. The molecule has 1 heterocycles. The van der Waals surface area contributed by atoms with Crippen molar-refractivity contribution in [3.05, 3.63) is 16.3 Å². The van der Waals surface area contributed by atoms with E-state index in [2.05, 4.69) is 9.62 Å². The molecule has 0 aromatic carbocycles. The van der Waals surface area contributed by atoms with Gasteiger partial charge in [-0.1, -0.05) is 13.8 Å². The highest BCUT2D eigenvalue weighted by Crippen LogP contribution is 2.21. The molecule has 0 aliphatic carbocycles. The predicted molar refractivity (Wildman–Crippen MR) is 73.2 cm³/mol. The van der Waals surface area contributed by atoms with Gasteiger partial charge in [-0.05, 0) is 24.5 Å². The fraction of sp³-hybridized carbons (Fsp3) is 0.636. The number of rotatable bonds is 8. The fourth-order valence-corrected chi connectivity index (χ4v) is 3.95. The second-order valence-electron chi connectivity index (χ2n) is 3.79. The summed E-state index contributed by atoms with van der Waals surface area (Å²) in [4.78, 5) is 2.81. The van der Waals surface area contributed by atoms with Crippen LogP contribution in [0.25, 0.3) is 0 Å². The summed E-state index contributed by atoms with van der Waals surface area (Å²) in [6.07, 6.45) is 0. The Morgan fingerprint density at radius 3 is 2.61 bits per heavy atom. The van der Waals surface area contributed by atoms with E-state index < -0.39 is 10.0 Å². The van der Waals surface area contributed by atoms with Gasteiger partial charge in [0.25, 0.3) is 0 Å². The van der Waals surface area contributed by atoms with E-state index in [-0.39, 0.29) is 11.5 Å². The van der Waals surface area contributed by atoms with Gasteiger partial charge in [0.05, 0.1) is 11.5 Å². The molecule has 1 rings (SSSR count). The average molecular weight is 292 g/mol. The van der Waals surface area contributed by atoms with Gasteiger partial charge in [-0.2, -0.15) is 0 Å². The van der Waals surface area contributed by atoms with Crippen molar-refractivity contribution in [3.63, 3.8) is 0 Å². The van der Waals surface area contributed by atoms with E-state index in [1.54, 1.807) is 5.38 Å². The van der Waals surface area contributed by atoms with Crippen LogP contribution in [0.1, 0.15) is 18.7 Å². The van der Waals surface area contributed by atoms with Crippen LogP contribution in [0.15, 0.2) is 16.3 Å². The largest absolute Gasteiger partial charge is 0.391 e. The van der Waals surface area contributed by atoms with E-state index in [1.165, 1.54) is 17.4 Å². The van der Waals surface area contributed by atoms with E-state index in [1.807, 2.05) is 13.8 Å². The molecular formula is C11H20N2O3S2. The van der Waals surface area contributed by atoms with E-state index >= 15 is 0 Å². The van der Waals surface area contributed by atoms with Gasteiger partial charge < -0.3 is 10.0 Å². The molecule has 7 heteroatoms. The Balaban J connectivity index is 2.61. The molecule has 0 aliphatic rings. The number of aliphatic hydroxyl groups excluding tert-OH is 1. The van der Waals surface area contributed by atoms with Gasteiger partial charge in [0.1, 0.15) is 0 Å². The molecule has 0 spiro atoms. The van der Waals surface area contributed by atoms with Crippen molar-refractivity contribution in [2.45, 2.75) is 25.3 Å². The Morgan fingerprint density at radius 1 is 1.39 bits per heavy atom. The quantitative estimate of drug-likeness (QED) is 0.745. The minimum absolute atomic E-state index is 0.189. The van der Waals surface area contributed by atoms with Crippen LogP contribution in [-0.2, 0) is 16.6 Å². The van der Waals surface area contributed by atoms with E-state index in [4.69, 9.17) is 5.11 Å². The monoisotopic (exact) mass is 292 g/mol. The molecule has 0 unspecified atom stereocenters. The summed E-state index contributed by atoms with van der Waals surface area (Å²) in [6.45, 7) is 6.71. The highest BCUT2D eigenvalue weighted by molar-refractivity contribution is 7.89. The maximum Gasteiger partial charge on any atom is 0.241 e. The minimum atomic E-state index is -3.50. The highest BCUT2D eigenvalue weighted by Gasteiger charge is 2.18. The third-order valence-electron chi connectivity index (χ3n) is 2.75. The third-order valence-corrected chi connectivity index (χ3v) is 5.33. The molecule has 0 aliphatic heterocycles. The zero-order chi connectivity index (χ0) is 13.6. The lowest BCUT2D eigenvalue weighted by Gasteiger charge is -2.17. The van der Waals surface area contributed by atoms with Crippen molar-refractivity contribution in [3.8, 4) is 0 Å². The molecule has 104 valence electrons. The van der Waals surface area contributed by atoms with Gasteiger partial charge in [0.15, 0.2) is 0 Å². The van der Waals surface area contributed by atoms with Crippen molar-refractivity contribution in [1.29, 1.82) is 0 Å². The number of likely N-dealkylation sites (N-methyl/N-ethyl adjacent to an activating group) is 1. The van der Waals surface area contributed by atoms with Crippen LogP contribution in [-0.4, -0.2) is 44.6 Å². The number of aliphatic hydroxyl groups is 1. The molecule has 0 saturated carbocycles. The number of nitrogens with zero attached hydrogens (tertiary/aromatic N) is 1. The Bertz CT molecular complexity index is 453. The Morgan fingerprint density at radius 2 is 2.06 bits per heavy atom. The van der Waals surface area contributed by atoms with Gasteiger partial charge in [0.2, 0.25) is 10.0 Å². The van der Waals surface area contributed by atoms with E-state index in [9.17, 15) is 8.42 Å². The molecular weight excluding hydrogens is 272 g/mol. The summed E-state index contributed by atoms with van der Waals surface area (Å²) in [5.41, 5.74) is 0. The summed E-state index contributed by atoms with van der Waals surface area (Å²) in [5, 5.41) is 10.7. The lowest BCUT2D eigenvalue weighted by molar-refractivity contribution is 0.282. The lowest BCUT2D eigenvalue weighted by atomic mass is 10.5. The first-order chi connectivity index (χ1) is 8.55. The Kier molecular flexibility index (Phi) is 6.24. The van der Waals surface area contributed by atoms with Crippen LogP contribution in [0.3, 0.4) is 0 Å². The normalized spacial score (nSPS) is 12.2. The molecule has 0 saturated heterocycles. The molecule has 0 amide bonds. The van der Waals surface area contributed by atoms with Crippen LogP contribution in [0, 0.1) is 0 Å². The van der Waals surface area contributed by atoms with Gasteiger partial charge in [0, 0.05) is 18.0 Å². The fourth-order valence-electron chi connectivity index (χ4n) is 1.64. The van der Waals surface area contributed by atoms with Gasteiger partial charge in [-0.15, -0.1) is 11.3 Å². The Hall–Kier alpha value is -0.470. The van der Waals surface area contributed by atoms with Crippen molar-refractivity contribution in [2.24, 2.45) is 0 Å². The third kappa shape index (κ3) is 4.03. The van der Waals surface area contributed by atoms with E-state index in [0.29, 0.717) is 18.0 Å². The number of sulfonamides is 1. The van der Waals surface area contributed by atoms with E-state index in [0.717, 1.165) is 13.1 Å². The van der Waals surface area contributed by atoms with Gasteiger partial charge >= 0.3 is 0 Å². The molecule has 1 aromatic rings. The van der Waals surface area contributed by atoms with Crippen LogP contribution < -0.4 is 4.72 Å². The molecule has 2 N–H and O–H groups in total. The Labute approximate surface area is 112 Å². The van der Waals surface area contributed by atoms with Crippen LogP contribution in [0.2, 0.25) is 0 Å². The number of hydrogen-bond acceptors (Lipinski definition) is 5. The van der Waals surface area contributed by atoms with Crippen LogP contribution in [0.4, 0.5) is 0 Å². The molecule has 1 aromatic heterocycles. The molecule has 0 radical (unpaired) electrons. The standard InChI is InChI=1S/C11H20N2O3S2/c1-3-13(4-2)7-6-12-18(15,16)11-5-8-17-10(11)9-14/h5,8,12,14H,3-4,6-7,9H2,1-2H3. The molecule has 18 heavy (non-hydrogen) atoms. The summed E-state index contributed by atoms with van der Waals surface area (Å²) in [7, 11) is -3.50. The second-order valence-corrected chi connectivity index (χ2v) is 6.53. The molecule has 5 nitrogen and oxygen atoms in total. The summed E-state index contributed by atoms with van der Waals surface area (Å²) >= 11 is 1.25. The van der Waals surface area contributed by atoms with Crippen molar-refractivity contribution < 1.29 is 13.5 Å². The number of hydrogen-bond donors (Lipinski definition) is 2. The lowest BCUT2D eigenvalue weighted by Crippen LogP contribution is -2.34. The topological polar surface area (TPSA) is 69.6 Å². The first-order valence-corrected chi connectivity index (χ1v) is 8.30. The summed E-state index contributed by atoms with van der Waals surface area (Å²) in [5.74, 6) is 0. The molecule has 0 fully saturated rings. The second kappa shape index (κ2) is 7.20. The molecule has 0 bridgehead atoms. The van der Waals surface area contributed by atoms with Crippen molar-refractivity contribution in [1.82, 2.24) is 9.62 Å². The predicted octanol–water partition coefficient (Wildman–Crippen LogP) is 0.860. The maximum absolute atomic E-state index is 12.0. The highest BCUT2D eigenvalue weighted by atomic mass is 32.2. The average Bonchev–Trinajstić information content (AvgIpc) is 2.83. The van der Waals surface area contributed by atoms with Gasteiger partial charge in [-0.3, -0.25) is 0 Å². The van der Waals surface area contributed by atoms with Gasteiger partial charge in [-0.25, -0.2) is 13.1 Å². The SMILES string of the molecule is CCN(CC)CCNS(=O)(=O)c1ccsc1CO. The first kappa shape index (κ1) is 15.6. The van der Waals surface area contributed by atoms with Crippen LogP contribution >= 0.6 is 11.3 Å². The molecule has 0 atom stereocenters. The van der Waals surface area contributed by atoms with Crippen molar-refractivity contribution in [2.75, 3.05) is 26.2 Å². The zero-order valence-electron chi connectivity index (χ0n) is 10.7. The zero-order valence-corrected chi connectivity index (χ0v) is 12.4. The first-order valence-electron chi connectivity index (χ1n) is 5.94. The maximum atomic E-state index is 12.0. The van der Waals surface area contributed by atoms with Crippen molar-refractivity contribution >= 4 is 21.4 Å². The number of nitrogens with one attached hydrogen (secondary N) is 1.